The molecule has 0 amide bonds. The second-order valence-corrected chi connectivity index (χ2v) is 6.67. The summed E-state index contributed by atoms with van der Waals surface area (Å²) in [6.45, 7) is 5.45. The first-order valence-electron chi connectivity index (χ1n) is 7.71. The van der Waals surface area contributed by atoms with Gasteiger partial charge in [-0.2, -0.15) is 0 Å². The zero-order chi connectivity index (χ0) is 13.7. The molecule has 0 radical (unpaired) electrons. The maximum atomic E-state index is 3.75. The van der Waals surface area contributed by atoms with Gasteiger partial charge in [0.15, 0.2) is 0 Å². The van der Waals surface area contributed by atoms with Crippen molar-refractivity contribution in [2.45, 2.75) is 58.4 Å². The summed E-state index contributed by atoms with van der Waals surface area (Å²) in [5.41, 5.74) is 2.81. The average molecular weight is 324 g/mol. The largest absolute Gasteiger partial charge is 0.310 e. The highest BCUT2D eigenvalue weighted by atomic mass is 79.9. The van der Waals surface area contributed by atoms with Crippen molar-refractivity contribution in [3.63, 3.8) is 0 Å². The molecule has 19 heavy (non-hydrogen) atoms. The molecule has 106 valence electrons. The summed E-state index contributed by atoms with van der Waals surface area (Å²) in [5.74, 6) is 0.792. The van der Waals surface area contributed by atoms with E-state index < -0.39 is 0 Å². The molecule has 1 saturated carbocycles. The van der Waals surface area contributed by atoms with Crippen molar-refractivity contribution in [2.75, 3.05) is 6.54 Å². The molecule has 1 aliphatic carbocycles. The van der Waals surface area contributed by atoms with Crippen LogP contribution in [0.2, 0.25) is 0 Å². The fourth-order valence-corrected chi connectivity index (χ4v) is 3.79. The van der Waals surface area contributed by atoms with E-state index in [0.29, 0.717) is 6.04 Å². The lowest BCUT2D eigenvalue weighted by molar-refractivity contribution is 0.329. The average Bonchev–Trinajstić information content (AvgIpc) is 2.68. The lowest BCUT2D eigenvalue weighted by Crippen LogP contribution is -2.28. The monoisotopic (exact) mass is 323 g/mol. The molecular formula is C17H26BrN. The van der Waals surface area contributed by atoms with Crippen molar-refractivity contribution in [1.29, 1.82) is 0 Å². The second-order valence-electron chi connectivity index (χ2n) is 5.81. The van der Waals surface area contributed by atoms with Crippen LogP contribution in [-0.4, -0.2) is 6.54 Å². The van der Waals surface area contributed by atoms with Gasteiger partial charge in [-0.15, -0.1) is 0 Å². The van der Waals surface area contributed by atoms with E-state index in [0.717, 1.165) is 12.5 Å². The summed E-state index contributed by atoms with van der Waals surface area (Å²) in [6.07, 6.45) is 8.39. The van der Waals surface area contributed by atoms with Crippen molar-refractivity contribution in [1.82, 2.24) is 5.32 Å². The van der Waals surface area contributed by atoms with Gasteiger partial charge in [0, 0.05) is 10.5 Å². The van der Waals surface area contributed by atoms with E-state index in [-0.39, 0.29) is 0 Å². The van der Waals surface area contributed by atoms with Gasteiger partial charge >= 0.3 is 0 Å². The number of nitrogens with one attached hydrogen (secondary N) is 1. The highest BCUT2D eigenvalue weighted by Crippen LogP contribution is 2.36. The Labute approximate surface area is 126 Å². The summed E-state index contributed by atoms with van der Waals surface area (Å²) < 4.78 is 1.26. The highest BCUT2D eigenvalue weighted by molar-refractivity contribution is 9.10. The third kappa shape index (κ3) is 4.06. The number of benzene rings is 1. The lowest BCUT2D eigenvalue weighted by Gasteiger charge is -2.28. The number of aryl methyl sites for hydroxylation is 1. The maximum Gasteiger partial charge on any atom is 0.0359 e. The first-order chi connectivity index (χ1) is 9.22. The predicted octanol–water partition coefficient (Wildman–Crippen LogP) is 5.38. The topological polar surface area (TPSA) is 12.0 Å². The molecule has 1 aromatic rings. The van der Waals surface area contributed by atoms with E-state index in [1.165, 1.54) is 54.1 Å². The van der Waals surface area contributed by atoms with Crippen molar-refractivity contribution in [3.05, 3.63) is 33.8 Å². The van der Waals surface area contributed by atoms with Gasteiger partial charge in [-0.25, -0.2) is 0 Å². The van der Waals surface area contributed by atoms with Gasteiger partial charge in [0.1, 0.15) is 0 Å². The van der Waals surface area contributed by atoms with E-state index in [1.807, 2.05) is 0 Å². The first-order valence-corrected chi connectivity index (χ1v) is 8.51. The van der Waals surface area contributed by atoms with Crippen molar-refractivity contribution >= 4 is 15.9 Å². The van der Waals surface area contributed by atoms with Gasteiger partial charge in [0.2, 0.25) is 0 Å². The van der Waals surface area contributed by atoms with Gasteiger partial charge in [-0.05, 0) is 43.9 Å². The Hall–Kier alpha value is -0.340. The Morgan fingerprint density at radius 3 is 2.53 bits per heavy atom. The Morgan fingerprint density at radius 1 is 1.21 bits per heavy atom. The molecule has 2 rings (SSSR count). The molecular weight excluding hydrogens is 298 g/mol. The van der Waals surface area contributed by atoms with Crippen molar-refractivity contribution in [3.8, 4) is 0 Å². The van der Waals surface area contributed by atoms with Crippen LogP contribution in [0.4, 0.5) is 0 Å². The highest BCUT2D eigenvalue weighted by Gasteiger charge is 2.25. The van der Waals surface area contributed by atoms with E-state index in [9.17, 15) is 0 Å². The van der Waals surface area contributed by atoms with Crippen LogP contribution in [0.25, 0.3) is 0 Å². The molecule has 1 aliphatic rings. The molecule has 2 heteroatoms. The molecule has 0 heterocycles. The molecule has 0 spiro atoms. The number of hydrogen-bond donors (Lipinski definition) is 1. The molecule has 1 unspecified atom stereocenters. The first kappa shape index (κ1) is 15.1. The van der Waals surface area contributed by atoms with Gasteiger partial charge in [0.05, 0.1) is 0 Å². The molecule has 1 atom stereocenters. The van der Waals surface area contributed by atoms with Crippen molar-refractivity contribution < 1.29 is 0 Å². The Balaban J connectivity index is 2.24. The minimum absolute atomic E-state index is 0.511. The molecule has 1 fully saturated rings. The number of halogens is 1. The molecule has 0 aromatic heterocycles. The maximum absolute atomic E-state index is 3.75. The van der Waals surface area contributed by atoms with Crippen LogP contribution in [0.1, 0.15) is 62.6 Å². The Kier molecular flexibility index (Phi) is 5.90. The van der Waals surface area contributed by atoms with Crippen LogP contribution >= 0.6 is 15.9 Å². The summed E-state index contributed by atoms with van der Waals surface area (Å²) in [4.78, 5) is 0. The quantitative estimate of drug-likeness (QED) is 0.733. The second kappa shape index (κ2) is 7.44. The molecule has 0 aliphatic heterocycles. The van der Waals surface area contributed by atoms with Crippen LogP contribution in [-0.2, 0) is 0 Å². The molecule has 1 aromatic carbocycles. The van der Waals surface area contributed by atoms with Gasteiger partial charge in [-0.3, -0.25) is 0 Å². The lowest BCUT2D eigenvalue weighted by atomic mass is 9.86. The van der Waals surface area contributed by atoms with Crippen LogP contribution in [0.3, 0.4) is 0 Å². The SMILES string of the molecule is CCNC(c1cc(C)ccc1Br)C1CCCCCC1. The van der Waals surface area contributed by atoms with Gasteiger partial charge < -0.3 is 5.32 Å². The summed E-state index contributed by atoms with van der Waals surface area (Å²) in [5, 5.41) is 3.73. The van der Waals surface area contributed by atoms with E-state index in [2.05, 4.69) is 53.3 Å². The molecule has 1 nitrogen and oxygen atoms in total. The van der Waals surface area contributed by atoms with Crippen LogP contribution < -0.4 is 5.32 Å². The van der Waals surface area contributed by atoms with Crippen LogP contribution in [0.15, 0.2) is 22.7 Å². The Morgan fingerprint density at radius 2 is 1.89 bits per heavy atom. The zero-order valence-corrected chi connectivity index (χ0v) is 13.8. The van der Waals surface area contributed by atoms with Crippen LogP contribution in [0, 0.1) is 12.8 Å². The third-order valence-corrected chi connectivity index (χ3v) is 5.00. The summed E-state index contributed by atoms with van der Waals surface area (Å²) in [6, 6.07) is 7.25. The fraction of sp³-hybridized carbons (Fsp3) is 0.647. The predicted molar refractivity (Wildman–Crippen MR) is 86.5 cm³/mol. The van der Waals surface area contributed by atoms with Crippen LogP contribution in [0.5, 0.6) is 0 Å². The van der Waals surface area contributed by atoms with E-state index >= 15 is 0 Å². The number of hydrogen-bond acceptors (Lipinski definition) is 1. The zero-order valence-electron chi connectivity index (χ0n) is 12.2. The smallest absolute Gasteiger partial charge is 0.0359 e. The minimum Gasteiger partial charge on any atom is -0.310 e. The standard InChI is InChI=1S/C17H26BrN/c1-3-19-17(14-8-6-4-5-7-9-14)15-12-13(2)10-11-16(15)18/h10-12,14,17,19H,3-9H2,1-2H3. The fourth-order valence-electron chi connectivity index (χ4n) is 3.30. The molecule has 0 saturated heterocycles. The number of rotatable bonds is 4. The minimum atomic E-state index is 0.511. The van der Waals surface area contributed by atoms with Gasteiger partial charge in [-0.1, -0.05) is 66.2 Å². The molecule has 1 N–H and O–H groups in total. The Bertz CT molecular complexity index is 394. The van der Waals surface area contributed by atoms with E-state index in [4.69, 9.17) is 0 Å². The normalized spacial score (nSPS) is 19.1. The summed E-state index contributed by atoms with van der Waals surface area (Å²) >= 11 is 3.75. The van der Waals surface area contributed by atoms with Crippen molar-refractivity contribution in [2.24, 2.45) is 5.92 Å². The van der Waals surface area contributed by atoms with E-state index in [1.54, 1.807) is 0 Å². The molecule has 0 bridgehead atoms. The third-order valence-electron chi connectivity index (χ3n) is 4.28. The summed E-state index contributed by atoms with van der Waals surface area (Å²) in [7, 11) is 0. The van der Waals surface area contributed by atoms with Gasteiger partial charge in [0.25, 0.3) is 0 Å².